The van der Waals surface area contributed by atoms with E-state index in [0.717, 1.165) is 16.7 Å². The van der Waals surface area contributed by atoms with Gasteiger partial charge in [-0.15, -0.1) is 0 Å². The molecular formula is C24H17ClO5. The van der Waals surface area contributed by atoms with E-state index in [1.807, 2.05) is 0 Å². The van der Waals surface area contributed by atoms with Gasteiger partial charge in [0.1, 0.15) is 17.1 Å². The van der Waals surface area contributed by atoms with Crippen LogP contribution in [0.25, 0.3) is 22.1 Å². The Morgan fingerprint density at radius 3 is 2.33 bits per heavy atom. The van der Waals surface area contributed by atoms with Crippen LogP contribution < -0.4 is 15.1 Å². The quantitative estimate of drug-likeness (QED) is 0.250. The predicted molar refractivity (Wildman–Crippen MR) is 115 cm³/mol. The lowest BCUT2D eigenvalue weighted by molar-refractivity contribution is -0.133. The Hall–Kier alpha value is -3.57. The molecule has 0 unspecified atom stereocenters. The lowest BCUT2D eigenvalue weighted by Gasteiger charge is -2.07. The lowest BCUT2D eigenvalue weighted by Crippen LogP contribution is -2.11. The van der Waals surface area contributed by atoms with Crippen molar-refractivity contribution in [1.82, 2.24) is 0 Å². The molecule has 0 saturated carbocycles. The number of carbonyl (C=O) groups excluding carboxylic acids is 1. The average Bonchev–Trinajstić information content (AvgIpc) is 2.74. The molecule has 0 spiro atoms. The minimum Gasteiger partial charge on any atom is -0.497 e. The second-order valence-corrected chi connectivity index (χ2v) is 7.09. The number of rotatable bonds is 5. The Labute approximate surface area is 177 Å². The van der Waals surface area contributed by atoms with Crippen LogP contribution >= 0.6 is 11.6 Å². The second-order valence-electron chi connectivity index (χ2n) is 6.65. The summed E-state index contributed by atoms with van der Waals surface area (Å²) in [5.41, 5.74) is 1.81. The topological polar surface area (TPSA) is 65.7 Å². The van der Waals surface area contributed by atoms with E-state index in [4.69, 9.17) is 25.5 Å². The molecular weight excluding hydrogens is 404 g/mol. The fraction of sp³-hybridized carbons (Fsp3) is 0.0833. The van der Waals surface area contributed by atoms with Crippen molar-refractivity contribution in [3.05, 3.63) is 93.8 Å². The summed E-state index contributed by atoms with van der Waals surface area (Å²) in [7, 11) is 1.58. The van der Waals surface area contributed by atoms with E-state index in [1.165, 1.54) is 6.07 Å². The predicted octanol–water partition coefficient (Wildman–Crippen LogP) is 5.27. The average molecular weight is 421 g/mol. The van der Waals surface area contributed by atoms with E-state index in [9.17, 15) is 9.59 Å². The summed E-state index contributed by atoms with van der Waals surface area (Å²) in [5.74, 6) is 0.609. The molecule has 1 aromatic heterocycles. The summed E-state index contributed by atoms with van der Waals surface area (Å²) >= 11 is 5.91. The van der Waals surface area contributed by atoms with Crippen LogP contribution in [0.15, 0.2) is 82.0 Å². The van der Waals surface area contributed by atoms with Crippen LogP contribution in [-0.4, -0.2) is 13.1 Å². The molecule has 0 aliphatic carbocycles. The van der Waals surface area contributed by atoms with Crippen LogP contribution in [0, 0.1) is 0 Å². The normalized spacial score (nSPS) is 10.7. The van der Waals surface area contributed by atoms with Crippen LogP contribution in [0.2, 0.25) is 5.02 Å². The highest BCUT2D eigenvalue weighted by Gasteiger charge is 2.11. The number of carbonyl (C=O) groups is 1. The van der Waals surface area contributed by atoms with Crippen molar-refractivity contribution in [3.63, 3.8) is 0 Å². The molecule has 4 aromatic rings. The Bertz CT molecular complexity index is 1260. The van der Waals surface area contributed by atoms with Gasteiger partial charge in [0.2, 0.25) is 0 Å². The van der Waals surface area contributed by atoms with Gasteiger partial charge in [-0.1, -0.05) is 35.9 Å². The van der Waals surface area contributed by atoms with Crippen LogP contribution in [0.3, 0.4) is 0 Å². The van der Waals surface area contributed by atoms with Gasteiger partial charge in [0.15, 0.2) is 0 Å². The van der Waals surface area contributed by atoms with Crippen molar-refractivity contribution >= 4 is 28.5 Å². The first kappa shape index (κ1) is 19.7. The van der Waals surface area contributed by atoms with Gasteiger partial charge in [-0.25, -0.2) is 4.79 Å². The molecule has 0 bridgehead atoms. The molecule has 30 heavy (non-hydrogen) atoms. The van der Waals surface area contributed by atoms with Gasteiger partial charge in [0.05, 0.1) is 19.1 Å². The number of ether oxygens (including phenoxy) is 2. The van der Waals surface area contributed by atoms with Crippen molar-refractivity contribution in [1.29, 1.82) is 0 Å². The molecule has 0 aliphatic heterocycles. The summed E-state index contributed by atoms with van der Waals surface area (Å²) < 4.78 is 16.0. The molecule has 0 saturated heterocycles. The van der Waals surface area contributed by atoms with Crippen LogP contribution in [0.5, 0.6) is 11.5 Å². The standard InChI is InChI=1S/C24H17ClO5/c1-28-19-9-2-15(3-10-19)12-23(26)29-20-11-6-17-13-21(24(27)30-22(17)14-20)16-4-7-18(25)8-5-16/h2-11,13-14H,12H2,1H3. The minimum absolute atomic E-state index is 0.113. The molecule has 3 aromatic carbocycles. The molecule has 5 nitrogen and oxygen atoms in total. The fourth-order valence-electron chi connectivity index (χ4n) is 3.06. The number of benzene rings is 3. The first-order valence-electron chi connectivity index (χ1n) is 9.19. The minimum atomic E-state index is -0.480. The van der Waals surface area contributed by atoms with E-state index in [0.29, 0.717) is 27.5 Å². The van der Waals surface area contributed by atoms with Crippen molar-refractivity contribution in [3.8, 4) is 22.6 Å². The highest BCUT2D eigenvalue weighted by atomic mass is 35.5. The third-order valence-corrected chi connectivity index (χ3v) is 4.85. The number of hydrogen-bond donors (Lipinski definition) is 0. The second kappa shape index (κ2) is 8.43. The van der Waals surface area contributed by atoms with Gasteiger partial charge in [0, 0.05) is 16.5 Å². The van der Waals surface area contributed by atoms with Crippen molar-refractivity contribution in [2.75, 3.05) is 7.11 Å². The zero-order chi connectivity index (χ0) is 21.1. The maximum Gasteiger partial charge on any atom is 0.344 e. The first-order chi connectivity index (χ1) is 14.5. The van der Waals surface area contributed by atoms with Gasteiger partial charge in [-0.2, -0.15) is 0 Å². The molecule has 4 rings (SSSR count). The summed E-state index contributed by atoms with van der Waals surface area (Å²) in [6.07, 6.45) is 0.113. The van der Waals surface area contributed by atoms with Gasteiger partial charge in [-0.3, -0.25) is 4.79 Å². The monoisotopic (exact) mass is 420 g/mol. The van der Waals surface area contributed by atoms with Crippen molar-refractivity contribution in [2.24, 2.45) is 0 Å². The van der Waals surface area contributed by atoms with E-state index in [-0.39, 0.29) is 6.42 Å². The van der Waals surface area contributed by atoms with Crippen LogP contribution in [-0.2, 0) is 11.2 Å². The Kier molecular flexibility index (Phi) is 5.55. The molecule has 150 valence electrons. The number of fused-ring (bicyclic) bond motifs is 1. The van der Waals surface area contributed by atoms with Gasteiger partial charge in [-0.05, 0) is 53.6 Å². The molecule has 0 atom stereocenters. The summed E-state index contributed by atoms with van der Waals surface area (Å²) in [5, 5.41) is 1.31. The van der Waals surface area contributed by atoms with E-state index < -0.39 is 11.6 Å². The zero-order valence-corrected chi connectivity index (χ0v) is 16.8. The molecule has 0 fully saturated rings. The number of esters is 1. The van der Waals surface area contributed by atoms with Crippen molar-refractivity contribution < 1.29 is 18.7 Å². The number of methoxy groups -OCH3 is 1. The van der Waals surface area contributed by atoms with E-state index in [1.54, 1.807) is 73.8 Å². The van der Waals surface area contributed by atoms with Crippen molar-refractivity contribution in [2.45, 2.75) is 6.42 Å². The third-order valence-electron chi connectivity index (χ3n) is 4.60. The number of halogens is 1. The molecule has 0 amide bonds. The fourth-order valence-corrected chi connectivity index (χ4v) is 3.19. The molecule has 0 aliphatic rings. The lowest BCUT2D eigenvalue weighted by atomic mass is 10.1. The van der Waals surface area contributed by atoms with Gasteiger partial charge >= 0.3 is 11.6 Å². The largest absolute Gasteiger partial charge is 0.497 e. The Balaban J connectivity index is 1.54. The number of hydrogen-bond acceptors (Lipinski definition) is 5. The maximum absolute atomic E-state index is 12.4. The SMILES string of the molecule is COc1ccc(CC(=O)Oc2ccc3cc(-c4ccc(Cl)cc4)c(=O)oc3c2)cc1. The van der Waals surface area contributed by atoms with E-state index in [2.05, 4.69) is 0 Å². The molecule has 0 radical (unpaired) electrons. The smallest absolute Gasteiger partial charge is 0.344 e. The first-order valence-corrected chi connectivity index (χ1v) is 9.57. The summed E-state index contributed by atoms with van der Waals surface area (Å²) in [6.45, 7) is 0. The third kappa shape index (κ3) is 4.36. The Morgan fingerprint density at radius 1 is 0.933 bits per heavy atom. The molecule has 6 heteroatoms. The maximum atomic E-state index is 12.4. The highest BCUT2D eigenvalue weighted by molar-refractivity contribution is 6.30. The zero-order valence-electron chi connectivity index (χ0n) is 16.1. The van der Waals surface area contributed by atoms with Gasteiger partial charge in [0.25, 0.3) is 0 Å². The molecule has 0 N–H and O–H groups in total. The summed E-state index contributed by atoms with van der Waals surface area (Å²) in [6, 6.07) is 20.8. The van der Waals surface area contributed by atoms with Crippen LogP contribution in [0.1, 0.15) is 5.56 Å². The molecule has 1 heterocycles. The van der Waals surface area contributed by atoms with Gasteiger partial charge < -0.3 is 13.9 Å². The highest BCUT2D eigenvalue weighted by Crippen LogP contribution is 2.25. The Morgan fingerprint density at radius 2 is 1.63 bits per heavy atom. The van der Waals surface area contributed by atoms with E-state index >= 15 is 0 Å². The van der Waals surface area contributed by atoms with Crippen LogP contribution in [0.4, 0.5) is 0 Å². The summed E-state index contributed by atoms with van der Waals surface area (Å²) in [4.78, 5) is 24.7.